The van der Waals surface area contributed by atoms with E-state index in [9.17, 15) is 0 Å². The van der Waals surface area contributed by atoms with Gasteiger partial charge in [0.25, 0.3) is 0 Å². The predicted octanol–water partition coefficient (Wildman–Crippen LogP) is 2.74. The Morgan fingerprint density at radius 1 is 1.40 bits per heavy atom. The van der Waals surface area contributed by atoms with Crippen LogP contribution in [0.2, 0.25) is 0 Å². The molecule has 1 aliphatic rings. The molecule has 10 heavy (non-hydrogen) atoms. The van der Waals surface area contributed by atoms with Gasteiger partial charge in [-0.25, -0.2) is 0 Å². The van der Waals surface area contributed by atoms with Gasteiger partial charge in [0.1, 0.15) is 0 Å². The first-order chi connectivity index (χ1) is 4.69. The molecule has 2 unspecified atom stereocenters. The highest BCUT2D eigenvalue weighted by Gasteiger charge is 2.47. The van der Waals surface area contributed by atoms with Crippen molar-refractivity contribution in [1.82, 2.24) is 0 Å². The maximum atomic E-state index is 5.45. The van der Waals surface area contributed by atoms with E-state index in [2.05, 4.69) is 20.8 Å². The average Bonchev–Trinajstić information content (AvgIpc) is 2.42. The first kappa shape index (κ1) is 8.06. The van der Waals surface area contributed by atoms with E-state index < -0.39 is 0 Å². The third-order valence-electron chi connectivity index (χ3n) is 2.53. The van der Waals surface area contributed by atoms with E-state index in [1.165, 1.54) is 25.7 Å². The van der Waals surface area contributed by atoms with Gasteiger partial charge in [-0.3, -0.25) is 0 Å². The number of ether oxygens (including phenoxy) is 1. The van der Waals surface area contributed by atoms with Crippen molar-refractivity contribution in [3.63, 3.8) is 0 Å². The summed E-state index contributed by atoms with van der Waals surface area (Å²) in [4.78, 5) is 0. The molecule has 1 rings (SSSR count). The van der Waals surface area contributed by atoms with E-state index >= 15 is 0 Å². The number of rotatable bonds is 4. The van der Waals surface area contributed by atoms with E-state index in [-0.39, 0.29) is 5.60 Å². The molecule has 0 aromatic rings. The first-order valence-corrected chi connectivity index (χ1v) is 4.37. The summed E-state index contributed by atoms with van der Waals surface area (Å²) in [7, 11) is 0. The van der Waals surface area contributed by atoms with Crippen molar-refractivity contribution in [2.75, 3.05) is 0 Å². The zero-order valence-electron chi connectivity index (χ0n) is 7.31. The second-order valence-electron chi connectivity index (χ2n) is 3.53. The van der Waals surface area contributed by atoms with Crippen molar-refractivity contribution in [3.05, 3.63) is 0 Å². The van der Waals surface area contributed by atoms with Gasteiger partial charge >= 0.3 is 0 Å². The highest BCUT2D eigenvalue weighted by Crippen LogP contribution is 2.39. The maximum absolute atomic E-state index is 5.45. The van der Waals surface area contributed by atoms with Crippen LogP contribution in [0.1, 0.15) is 46.5 Å². The lowest BCUT2D eigenvalue weighted by atomic mass is 10.0. The first-order valence-electron chi connectivity index (χ1n) is 4.37. The lowest BCUT2D eigenvalue weighted by Crippen LogP contribution is -2.06. The molecule has 1 saturated heterocycles. The summed E-state index contributed by atoms with van der Waals surface area (Å²) in [5, 5.41) is 0. The van der Waals surface area contributed by atoms with Crippen LogP contribution in [0.25, 0.3) is 0 Å². The second-order valence-corrected chi connectivity index (χ2v) is 3.53. The minimum Gasteiger partial charge on any atom is -0.367 e. The van der Waals surface area contributed by atoms with Crippen LogP contribution in [0.5, 0.6) is 0 Å². The Bertz CT molecular complexity index is 111. The molecule has 0 aliphatic carbocycles. The fourth-order valence-electron chi connectivity index (χ4n) is 1.36. The molecule has 60 valence electrons. The van der Waals surface area contributed by atoms with Crippen molar-refractivity contribution in [2.45, 2.75) is 58.2 Å². The molecule has 0 saturated carbocycles. The molecule has 2 atom stereocenters. The van der Waals surface area contributed by atoms with Gasteiger partial charge in [0.2, 0.25) is 0 Å². The Labute approximate surface area is 63.8 Å². The lowest BCUT2D eigenvalue weighted by molar-refractivity contribution is 0.293. The average molecular weight is 142 g/mol. The third kappa shape index (κ3) is 1.72. The fraction of sp³-hybridized carbons (Fsp3) is 1.00. The second kappa shape index (κ2) is 2.91. The summed E-state index contributed by atoms with van der Waals surface area (Å²) in [6.45, 7) is 6.61. The van der Waals surface area contributed by atoms with Gasteiger partial charge in [0.05, 0.1) is 11.7 Å². The highest BCUT2D eigenvalue weighted by molar-refractivity contribution is 4.95. The molecule has 1 aliphatic heterocycles. The Hall–Kier alpha value is -0.0400. The zero-order valence-corrected chi connectivity index (χ0v) is 7.31. The van der Waals surface area contributed by atoms with Gasteiger partial charge in [0.15, 0.2) is 0 Å². The van der Waals surface area contributed by atoms with E-state index in [4.69, 9.17) is 4.74 Å². The smallest absolute Gasteiger partial charge is 0.0917 e. The quantitative estimate of drug-likeness (QED) is 0.434. The van der Waals surface area contributed by atoms with Crippen molar-refractivity contribution >= 4 is 0 Å². The fourth-order valence-corrected chi connectivity index (χ4v) is 1.36. The van der Waals surface area contributed by atoms with Gasteiger partial charge < -0.3 is 4.74 Å². The Kier molecular flexibility index (Phi) is 2.35. The molecule has 0 radical (unpaired) electrons. The van der Waals surface area contributed by atoms with Gasteiger partial charge in [0, 0.05) is 0 Å². The topological polar surface area (TPSA) is 12.5 Å². The van der Waals surface area contributed by atoms with E-state index in [0.29, 0.717) is 6.10 Å². The number of epoxide rings is 1. The van der Waals surface area contributed by atoms with Crippen molar-refractivity contribution < 1.29 is 4.74 Å². The predicted molar refractivity (Wildman–Crippen MR) is 43.1 cm³/mol. The van der Waals surface area contributed by atoms with Gasteiger partial charge in [-0.1, -0.05) is 26.2 Å². The van der Waals surface area contributed by atoms with Crippen LogP contribution in [-0.4, -0.2) is 11.7 Å². The molecule has 0 aromatic heterocycles. The van der Waals surface area contributed by atoms with Gasteiger partial charge in [-0.15, -0.1) is 0 Å². The number of hydrogen-bond acceptors (Lipinski definition) is 1. The third-order valence-corrected chi connectivity index (χ3v) is 2.53. The van der Waals surface area contributed by atoms with Crippen LogP contribution in [0, 0.1) is 0 Å². The summed E-state index contributed by atoms with van der Waals surface area (Å²) in [6.07, 6.45) is 5.76. The molecule has 0 aromatic carbocycles. The van der Waals surface area contributed by atoms with Crippen LogP contribution in [0.15, 0.2) is 0 Å². The van der Waals surface area contributed by atoms with E-state index in [0.717, 1.165) is 0 Å². The molecule has 0 N–H and O–H groups in total. The van der Waals surface area contributed by atoms with Crippen LogP contribution in [0.4, 0.5) is 0 Å². The molecule has 0 bridgehead atoms. The molecular weight excluding hydrogens is 124 g/mol. The molecule has 1 nitrogen and oxygen atoms in total. The Morgan fingerprint density at radius 2 is 2.00 bits per heavy atom. The lowest BCUT2D eigenvalue weighted by Gasteiger charge is -2.02. The maximum Gasteiger partial charge on any atom is 0.0917 e. The Balaban J connectivity index is 2.03. The van der Waals surface area contributed by atoms with Gasteiger partial charge in [-0.2, -0.15) is 0 Å². The minimum absolute atomic E-state index is 0.259. The normalized spacial score (nSPS) is 38.1. The molecule has 0 amide bonds. The summed E-state index contributed by atoms with van der Waals surface area (Å²) in [5.74, 6) is 0. The van der Waals surface area contributed by atoms with E-state index in [1.807, 2.05) is 0 Å². The highest BCUT2D eigenvalue weighted by atomic mass is 16.6. The van der Waals surface area contributed by atoms with Crippen LogP contribution in [0.3, 0.4) is 0 Å². The largest absolute Gasteiger partial charge is 0.367 e. The molecular formula is C9H18O. The monoisotopic (exact) mass is 142 g/mol. The standard InChI is InChI=1S/C9H18O/c1-4-5-6-7-9(3)8(2)10-9/h8H,4-7H2,1-3H3. The summed E-state index contributed by atoms with van der Waals surface area (Å²) in [6, 6.07) is 0. The Morgan fingerprint density at radius 3 is 2.40 bits per heavy atom. The molecule has 1 heterocycles. The molecule has 1 fully saturated rings. The molecule has 1 heteroatoms. The summed E-state index contributed by atoms with van der Waals surface area (Å²) < 4.78 is 5.45. The van der Waals surface area contributed by atoms with Crippen LogP contribution < -0.4 is 0 Å². The SMILES string of the molecule is CCCCCC1(C)OC1C. The van der Waals surface area contributed by atoms with E-state index in [1.54, 1.807) is 0 Å². The van der Waals surface area contributed by atoms with Crippen molar-refractivity contribution in [1.29, 1.82) is 0 Å². The number of unbranched alkanes of at least 4 members (excludes halogenated alkanes) is 2. The zero-order chi connectivity index (χ0) is 7.61. The van der Waals surface area contributed by atoms with Crippen molar-refractivity contribution in [2.24, 2.45) is 0 Å². The molecule has 0 spiro atoms. The van der Waals surface area contributed by atoms with Crippen LogP contribution in [-0.2, 0) is 4.74 Å². The summed E-state index contributed by atoms with van der Waals surface area (Å²) >= 11 is 0. The number of hydrogen-bond donors (Lipinski definition) is 0. The van der Waals surface area contributed by atoms with Crippen molar-refractivity contribution in [3.8, 4) is 0 Å². The van der Waals surface area contributed by atoms with Gasteiger partial charge in [-0.05, 0) is 20.3 Å². The van der Waals surface area contributed by atoms with Crippen LogP contribution >= 0.6 is 0 Å². The minimum atomic E-state index is 0.259. The summed E-state index contributed by atoms with van der Waals surface area (Å²) in [5.41, 5.74) is 0.259.